The van der Waals surface area contributed by atoms with Crippen molar-refractivity contribution in [2.45, 2.75) is 50.7 Å². The van der Waals surface area contributed by atoms with Crippen LogP contribution in [0.15, 0.2) is 48.5 Å². The number of thiophene rings is 1. The van der Waals surface area contributed by atoms with Crippen LogP contribution in [-0.4, -0.2) is 63.1 Å². The third-order valence-electron chi connectivity index (χ3n) is 5.58. The molecule has 3 aromatic rings. The minimum atomic E-state index is -1.81. The molecule has 6 atom stereocenters. The lowest BCUT2D eigenvalue weighted by Gasteiger charge is -2.38. The molecule has 4 rings (SSSR count). The highest BCUT2D eigenvalue weighted by Crippen LogP contribution is 2.39. The Morgan fingerprint density at radius 1 is 1.03 bits per heavy atom. The van der Waals surface area contributed by atoms with E-state index in [0.29, 0.717) is 10.9 Å². The lowest BCUT2D eigenvalue weighted by Crippen LogP contribution is -2.61. The molecule has 0 amide bonds. The van der Waals surface area contributed by atoms with Gasteiger partial charge in [-0.05, 0) is 38.1 Å². The van der Waals surface area contributed by atoms with Crippen molar-refractivity contribution in [2.75, 3.05) is 0 Å². The van der Waals surface area contributed by atoms with E-state index < -0.39 is 48.7 Å². The molecule has 0 spiro atoms. The number of aliphatic carboxylic acids is 1. The maximum atomic E-state index is 12.5. The summed E-state index contributed by atoms with van der Waals surface area (Å²) in [5.41, 5.74) is 1.18. The molecule has 0 bridgehead atoms. The highest BCUT2D eigenvalue weighted by atomic mass is 32.1. The summed E-state index contributed by atoms with van der Waals surface area (Å²) < 4.78 is 17.4. The summed E-state index contributed by atoms with van der Waals surface area (Å²) in [6.45, 7) is 3.65. The number of esters is 1. The number of carbonyl (C=O) groups excluding carboxylic acids is 1. The number of fused-ring (bicyclic) bond motifs is 1. The Morgan fingerprint density at radius 3 is 2.41 bits per heavy atom. The summed E-state index contributed by atoms with van der Waals surface area (Å²) in [5, 5.41) is 40.1. The first kappa shape index (κ1) is 24.1. The standard InChI is InChI=1S/C24H24O9S/c1-11-10-15-16(32-24-19(27)17(25)18(26)20(33-24)22(28)29)9-8-14(21(15)34-11)12(2)31-23(30)13-6-4-3-5-7-13/h3-10,12,17-20,24-27H,1-2H3,(H,28,29)/t12?,17-,18+,19+,20-,24+/m0/s1. The van der Waals surface area contributed by atoms with Crippen LogP contribution in [0.1, 0.15) is 33.8 Å². The summed E-state index contributed by atoms with van der Waals surface area (Å²) in [4.78, 5) is 24.8. The third-order valence-corrected chi connectivity index (χ3v) is 6.68. The normalized spacial score (nSPS) is 25.6. The van der Waals surface area contributed by atoms with Crippen molar-refractivity contribution in [1.82, 2.24) is 0 Å². The zero-order valence-electron chi connectivity index (χ0n) is 18.3. The van der Waals surface area contributed by atoms with Crippen LogP contribution in [-0.2, 0) is 14.3 Å². The average molecular weight is 489 g/mol. The van der Waals surface area contributed by atoms with Gasteiger partial charge in [0, 0.05) is 20.5 Å². The summed E-state index contributed by atoms with van der Waals surface area (Å²) in [7, 11) is 0. The molecule has 9 nitrogen and oxygen atoms in total. The van der Waals surface area contributed by atoms with E-state index in [1.54, 1.807) is 43.3 Å². The molecule has 180 valence electrons. The van der Waals surface area contributed by atoms with Crippen molar-refractivity contribution in [3.05, 3.63) is 64.5 Å². The van der Waals surface area contributed by atoms with E-state index in [1.807, 2.05) is 19.1 Å². The molecule has 2 heterocycles. The third kappa shape index (κ3) is 4.63. The van der Waals surface area contributed by atoms with Crippen molar-refractivity contribution >= 4 is 33.4 Å². The second-order valence-corrected chi connectivity index (χ2v) is 9.28. The van der Waals surface area contributed by atoms with Gasteiger partial charge in [0.1, 0.15) is 30.2 Å². The summed E-state index contributed by atoms with van der Waals surface area (Å²) in [6.07, 6.45) is -9.12. The molecular formula is C24H24O9S. The van der Waals surface area contributed by atoms with Gasteiger partial charge in [0.25, 0.3) is 0 Å². The highest BCUT2D eigenvalue weighted by molar-refractivity contribution is 7.19. The van der Waals surface area contributed by atoms with Crippen LogP contribution in [0.2, 0.25) is 0 Å². The van der Waals surface area contributed by atoms with Gasteiger partial charge in [0.05, 0.1) is 5.56 Å². The average Bonchev–Trinajstić information content (AvgIpc) is 3.21. The van der Waals surface area contributed by atoms with Crippen LogP contribution in [0.4, 0.5) is 0 Å². The van der Waals surface area contributed by atoms with Gasteiger partial charge in [0.15, 0.2) is 6.10 Å². The number of carboxylic acids is 1. The van der Waals surface area contributed by atoms with Crippen molar-refractivity contribution in [3.63, 3.8) is 0 Å². The number of hydrogen-bond acceptors (Lipinski definition) is 9. The maximum absolute atomic E-state index is 12.5. The van der Waals surface area contributed by atoms with Gasteiger partial charge in [-0.25, -0.2) is 9.59 Å². The van der Waals surface area contributed by atoms with Crippen LogP contribution in [0, 0.1) is 6.92 Å². The monoisotopic (exact) mass is 488 g/mol. The molecular weight excluding hydrogens is 464 g/mol. The fraction of sp³-hybridized carbons (Fsp3) is 0.333. The molecule has 34 heavy (non-hydrogen) atoms. The molecule has 0 aliphatic carbocycles. The van der Waals surface area contributed by atoms with Crippen LogP contribution in [0.5, 0.6) is 5.75 Å². The Bertz CT molecular complexity index is 1190. The van der Waals surface area contributed by atoms with Gasteiger partial charge in [-0.3, -0.25) is 0 Å². The summed E-state index contributed by atoms with van der Waals surface area (Å²) in [5.74, 6) is -1.67. The number of aliphatic hydroxyl groups excluding tert-OH is 3. The number of hydrogen-bond donors (Lipinski definition) is 4. The first-order valence-electron chi connectivity index (χ1n) is 10.6. The Hall–Kier alpha value is -3.02. The first-order valence-corrected chi connectivity index (χ1v) is 11.4. The minimum Gasteiger partial charge on any atom is -0.479 e. The van der Waals surface area contributed by atoms with Crippen molar-refractivity contribution in [3.8, 4) is 5.75 Å². The number of ether oxygens (including phenoxy) is 3. The van der Waals surface area contributed by atoms with Gasteiger partial charge in [0.2, 0.25) is 6.29 Å². The van der Waals surface area contributed by atoms with E-state index in [0.717, 1.165) is 15.1 Å². The van der Waals surface area contributed by atoms with E-state index in [2.05, 4.69) is 0 Å². The number of rotatable bonds is 6. The predicted octanol–water partition coefficient (Wildman–Crippen LogP) is 2.40. The molecule has 1 saturated heterocycles. The Morgan fingerprint density at radius 2 is 1.74 bits per heavy atom. The van der Waals surface area contributed by atoms with Crippen LogP contribution < -0.4 is 4.74 Å². The summed E-state index contributed by atoms with van der Waals surface area (Å²) >= 11 is 1.46. The van der Waals surface area contributed by atoms with Gasteiger partial charge >= 0.3 is 11.9 Å². The smallest absolute Gasteiger partial charge is 0.338 e. The van der Waals surface area contributed by atoms with Crippen LogP contribution in [0.25, 0.3) is 10.1 Å². The van der Waals surface area contributed by atoms with Gasteiger partial charge in [-0.2, -0.15) is 0 Å². The van der Waals surface area contributed by atoms with E-state index in [9.17, 15) is 30.0 Å². The molecule has 1 aliphatic rings. The lowest BCUT2D eigenvalue weighted by atomic mass is 9.99. The van der Waals surface area contributed by atoms with E-state index in [1.165, 1.54) is 11.3 Å². The minimum absolute atomic E-state index is 0.279. The van der Waals surface area contributed by atoms with Crippen molar-refractivity contribution < 1.29 is 44.2 Å². The zero-order chi connectivity index (χ0) is 24.6. The van der Waals surface area contributed by atoms with E-state index >= 15 is 0 Å². The maximum Gasteiger partial charge on any atom is 0.338 e. The molecule has 1 unspecified atom stereocenters. The van der Waals surface area contributed by atoms with Gasteiger partial charge < -0.3 is 34.6 Å². The van der Waals surface area contributed by atoms with Crippen LogP contribution in [0.3, 0.4) is 0 Å². The lowest BCUT2D eigenvalue weighted by molar-refractivity contribution is -0.270. The molecule has 10 heteroatoms. The fourth-order valence-corrected chi connectivity index (χ4v) is 4.93. The SMILES string of the molecule is Cc1cc2c(O[C@@H]3O[C@H](C(=O)O)[C@H](O)[C@H](O)[C@H]3O)ccc(C(C)OC(=O)c3ccccc3)c2s1. The first-order chi connectivity index (χ1) is 16.2. The van der Waals surface area contributed by atoms with E-state index in [-0.39, 0.29) is 5.75 Å². The molecule has 1 fully saturated rings. The number of carboxylic acid groups (broad SMARTS) is 1. The molecule has 2 aromatic carbocycles. The molecule has 1 aliphatic heterocycles. The van der Waals surface area contributed by atoms with E-state index in [4.69, 9.17) is 14.2 Å². The predicted molar refractivity (Wildman–Crippen MR) is 122 cm³/mol. The molecule has 1 aromatic heterocycles. The largest absolute Gasteiger partial charge is 0.479 e. The van der Waals surface area contributed by atoms with Gasteiger partial charge in [-0.1, -0.05) is 24.3 Å². The zero-order valence-corrected chi connectivity index (χ0v) is 19.1. The number of aliphatic hydroxyl groups is 3. The van der Waals surface area contributed by atoms with Crippen molar-refractivity contribution in [2.24, 2.45) is 0 Å². The summed E-state index contributed by atoms with van der Waals surface area (Å²) in [6, 6.07) is 13.8. The topological polar surface area (TPSA) is 143 Å². The fourth-order valence-electron chi connectivity index (χ4n) is 3.81. The second-order valence-electron chi connectivity index (χ2n) is 8.02. The quantitative estimate of drug-likeness (QED) is 0.385. The highest BCUT2D eigenvalue weighted by Gasteiger charge is 2.48. The molecule has 0 radical (unpaired) electrons. The number of aryl methyl sites for hydroxylation is 1. The van der Waals surface area contributed by atoms with Gasteiger partial charge in [-0.15, -0.1) is 11.3 Å². The number of benzene rings is 2. The molecule has 0 saturated carbocycles. The number of carbonyl (C=O) groups is 2. The Balaban J connectivity index is 1.60. The van der Waals surface area contributed by atoms with Crippen molar-refractivity contribution in [1.29, 1.82) is 0 Å². The Labute approximate surface area is 198 Å². The second kappa shape index (κ2) is 9.69. The Kier molecular flexibility index (Phi) is 6.87. The molecule has 4 N–H and O–H groups in total. The van der Waals surface area contributed by atoms with Crippen LogP contribution >= 0.6 is 11.3 Å².